The Kier molecular flexibility index (Phi) is 12.8. The van der Waals surface area contributed by atoms with Crippen LogP contribution in [0.1, 0.15) is 70.1 Å². The van der Waals surface area contributed by atoms with Crippen LogP contribution in [0.4, 0.5) is 4.79 Å². The number of carbonyl (C=O) groups is 3. The molecule has 1 heterocycles. The van der Waals surface area contributed by atoms with Gasteiger partial charge in [-0.2, -0.15) is 0 Å². The van der Waals surface area contributed by atoms with Crippen molar-refractivity contribution < 1.29 is 23.5 Å². The molecule has 0 aliphatic heterocycles. The first-order chi connectivity index (χ1) is 18.4. The molecule has 7 nitrogen and oxygen atoms in total. The Morgan fingerprint density at radius 2 is 1.71 bits per heavy atom. The van der Waals surface area contributed by atoms with Crippen molar-refractivity contribution in [3.63, 3.8) is 0 Å². The van der Waals surface area contributed by atoms with Crippen molar-refractivity contribution in [2.75, 3.05) is 12.4 Å². The average molecular weight is 543 g/mol. The first-order valence-corrected chi connectivity index (χ1v) is 15.0. The highest BCUT2D eigenvalue weighted by molar-refractivity contribution is 7.99. The number of Topliss-reactive ketones (excluding diaryl/α,β-unsaturated/α-hetero) is 1. The number of amides is 2. The van der Waals surface area contributed by atoms with E-state index in [-0.39, 0.29) is 23.4 Å². The van der Waals surface area contributed by atoms with Crippen LogP contribution in [0.2, 0.25) is 0 Å². The van der Waals surface area contributed by atoms with Gasteiger partial charge in [-0.1, -0.05) is 69.9 Å². The van der Waals surface area contributed by atoms with E-state index in [9.17, 15) is 14.4 Å². The molecule has 1 aromatic heterocycles. The smallest absolute Gasteiger partial charge is 0.407 e. The minimum Gasteiger partial charge on any atom is -0.468 e. The molecule has 1 aliphatic rings. The van der Waals surface area contributed by atoms with Crippen molar-refractivity contribution in [2.24, 2.45) is 11.8 Å². The third-order valence-corrected chi connectivity index (χ3v) is 7.77. The van der Waals surface area contributed by atoms with Crippen molar-refractivity contribution >= 4 is 29.5 Å². The number of ketones is 1. The zero-order chi connectivity index (χ0) is 27.2. The quantitative estimate of drug-likeness (QED) is 0.288. The third-order valence-electron chi connectivity index (χ3n) is 6.80. The van der Waals surface area contributed by atoms with Crippen LogP contribution < -0.4 is 10.6 Å². The summed E-state index contributed by atoms with van der Waals surface area (Å²) in [6.07, 6.45) is 8.84. The predicted octanol–water partition coefficient (Wildman–Crippen LogP) is 5.92. The summed E-state index contributed by atoms with van der Waals surface area (Å²) < 4.78 is 10.9. The second-order valence-corrected chi connectivity index (χ2v) is 11.6. The normalized spacial score (nSPS) is 15.9. The number of hydrogen-bond donors (Lipinski definition) is 2. The number of alkyl carbamates (subject to hydrolysis) is 1. The van der Waals surface area contributed by atoms with E-state index in [0.717, 1.165) is 24.2 Å². The zero-order valence-corrected chi connectivity index (χ0v) is 23.5. The maximum atomic E-state index is 13.4. The summed E-state index contributed by atoms with van der Waals surface area (Å²) in [5.41, 5.74) is 0.957. The van der Waals surface area contributed by atoms with Crippen LogP contribution in [0.15, 0.2) is 53.1 Å². The minimum absolute atomic E-state index is 0.0713. The molecule has 0 bridgehead atoms. The van der Waals surface area contributed by atoms with E-state index >= 15 is 0 Å². The van der Waals surface area contributed by atoms with Crippen molar-refractivity contribution in [3.05, 3.63) is 60.1 Å². The Hall–Kier alpha value is -2.74. The van der Waals surface area contributed by atoms with Gasteiger partial charge in [0, 0.05) is 0 Å². The Bertz CT molecular complexity index is 972. The fourth-order valence-electron chi connectivity index (χ4n) is 4.73. The van der Waals surface area contributed by atoms with E-state index in [4.69, 9.17) is 9.15 Å². The molecule has 2 amide bonds. The number of ether oxygens (including phenoxy) is 1. The van der Waals surface area contributed by atoms with Crippen molar-refractivity contribution in [1.29, 1.82) is 0 Å². The number of nitrogens with one attached hydrogen (secondary N) is 2. The molecule has 0 saturated heterocycles. The van der Waals surface area contributed by atoms with Crippen LogP contribution in [-0.4, -0.2) is 42.2 Å². The molecule has 1 aromatic carbocycles. The minimum atomic E-state index is -0.779. The Labute approximate surface area is 230 Å². The largest absolute Gasteiger partial charge is 0.468 e. The van der Waals surface area contributed by atoms with Gasteiger partial charge in [0.2, 0.25) is 5.91 Å². The summed E-state index contributed by atoms with van der Waals surface area (Å²) in [6.45, 7) is 4.37. The molecule has 208 valence electrons. The molecule has 0 unspecified atom stereocenters. The van der Waals surface area contributed by atoms with E-state index in [1.54, 1.807) is 6.26 Å². The molecule has 8 heteroatoms. The summed E-state index contributed by atoms with van der Waals surface area (Å²) >= 11 is 1.45. The number of rotatable bonds is 14. The average Bonchev–Trinajstić information content (AvgIpc) is 3.28. The van der Waals surface area contributed by atoms with Gasteiger partial charge in [0.15, 0.2) is 5.78 Å². The summed E-state index contributed by atoms with van der Waals surface area (Å²) in [6, 6.07) is 11.8. The van der Waals surface area contributed by atoms with Crippen molar-refractivity contribution in [3.8, 4) is 0 Å². The van der Waals surface area contributed by atoms with Gasteiger partial charge in [0.05, 0.1) is 30.4 Å². The highest BCUT2D eigenvalue weighted by atomic mass is 32.2. The Balaban J connectivity index is 1.60. The molecule has 1 aliphatic carbocycles. The maximum Gasteiger partial charge on any atom is 0.407 e. The lowest BCUT2D eigenvalue weighted by Crippen LogP contribution is -2.53. The predicted molar refractivity (Wildman–Crippen MR) is 151 cm³/mol. The van der Waals surface area contributed by atoms with E-state index in [2.05, 4.69) is 10.6 Å². The van der Waals surface area contributed by atoms with Crippen LogP contribution in [0, 0.1) is 11.8 Å². The van der Waals surface area contributed by atoms with E-state index in [1.807, 2.05) is 56.3 Å². The molecule has 38 heavy (non-hydrogen) atoms. The SMILES string of the molecule is CC(C)C[C@H](NC(=O)OCC1CCCCCC1)C(=O)N[C@@H](Cc1ccccc1)C(=O)CSCc1ccco1. The first-order valence-electron chi connectivity index (χ1n) is 13.8. The number of hydrogen-bond acceptors (Lipinski definition) is 6. The van der Waals surface area contributed by atoms with Gasteiger partial charge >= 0.3 is 6.09 Å². The summed E-state index contributed by atoms with van der Waals surface area (Å²) in [5.74, 6) is 1.73. The third kappa shape index (κ3) is 10.9. The van der Waals surface area contributed by atoms with Gasteiger partial charge in [-0.15, -0.1) is 11.8 Å². The fraction of sp³-hybridized carbons (Fsp3) is 0.567. The summed E-state index contributed by atoms with van der Waals surface area (Å²) in [7, 11) is 0. The molecule has 0 spiro atoms. The second-order valence-electron chi connectivity index (χ2n) is 10.6. The van der Waals surface area contributed by atoms with E-state index < -0.39 is 18.2 Å². The van der Waals surface area contributed by atoms with Gasteiger partial charge in [0.25, 0.3) is 0 Å². The number of furan rings is 1. The molecule has 3 rings (SSSR count). The molecular formula is C30H42N2O5S. The van der Waals surface area contributed by atoms with Gasteiger partial charge in [-0.3, -0.25) is 9.59 Å². The van der Waals surface area contributed by atoms with Crippen LogP contribution in [-0.2, 0) is 26.5 Å². The lowest BCUT2D eigenvalue weighted by atomic mass is 10.00. The van der Waals surface area contributed by atoms with Crippen LogP contribution >= 0.6 is 11.8 Å². The Morgan fingerprint density at radius 3 is 2.37 bits per heavy atom. The topological polar surface area (TPSA) is 97.6 Å². The number of thioether (sulfide) groups is 1. The molecular weight excluding hydrogens is 500 g/mol. The zero-order valence-electron chi connectivity index (χ0n) is 22.7. The molecule has 0 radical (unpaired) electrons. The molecule has 2 aromatic rings. The maximum absolute atomic E-state index is 13.4. The molecule has 1 saturated carbocycles. The molecule has 1 fully saturated rings. The van der Waals surface area contributed by atoms with Gasteiger partial charge in [-0.25, -0.2) is 4.79 Å². The number of benzene rings is 1. The molecule has 2 atom stereocenters. The molecule has 2 N–H and O–H groups in total. The first kappa shape index (κ1) is 29.8. The van der Waals surface area contributed by atoms with Crippen LogP contribution in [0.3, 0.4) is 0 Å². The number of carbonyl (C=O) groups excluding carboxylic acids is 3. The fourth-order valence-corrected chi connectivity index (χ4v) is 5.60. The lowest BCUT2D eigenvalue weighted by molar-refractivity contribution is -0.128. The highest BCUT2D eigenvalue weighted by Gasteiger charge is 2.28. The summed E-state index contributed by atoms with van der Waals surface area (Å²) in [4.78, 5) is 39.2. The lowest BCUT2D eigenvalue weighted by Gasteiger charge is -2.24. The summed E-state index contributed by atoms with van der Waals surface area (Å²) in [5, 5.41) is 5.71. The monoisotopic (exact) mass is 542 g/mol. The van der Waals surface area contributed by atoms with E-state index in [0.29, 0.717) is 31.1 Å². The van der Waals surface area contributed by atoms with Gasteiger partial charge in [-0.05, 0) is 55.2 Å². The van der Waals surface area contributed by atoms with Gasteiger partial charge in [0.1, 0.15) is 11.8 Å². The second kappa shape index (κ2) is 16.3. The highest BCUT2D eigenvalue weighted by Crippen LogP contribution is 2.23. The van der Waals surface area contributed by atoms with E-state index in [1.165, 1.54) is 37.4 Å². The van der Waals surface area contributed by atoms with Gasteiger partial charge < -0.3 is 19.8 Å². The van der Waals surface area contributed by atoms with Crippen molar-refractivity contribution in [1.82, 2.24) is 10.6 Å². The Morgan fingerprint density at radius 1 is 0.974 bits per heavy atom. The van der Waals surface area contributed by atoms with Crippen LogP contribution in [0.25, 0.3) is 0 Å². The van der Waals surface area contributed by atoms with Crippen molar-refractivity contribution in [2.45, 2.75) is 83.1 Å². The van der Waals surface area contributed by atoms with Crippen LogP contribution in [0.5, 0.6) is 0 Å². The standard InChI is InChI=1S/C30H42N2O5S/c1-22(2)17-27(32-30(35)37-19-24-13-6-3-4-7-14-24)29(34)31-26(18-23-11-8-5-9-12-23)28(33)21-38-20-25-15-10-16-36-25/h5,8-12,15-16,22,24,26-27H,3-4,6-7,13-14,17-21H2,1-2H3,(H,31,34)(H,32,35)/t26-,27-/m0/s1.